The van der Waals surface area contributed by atoms with E-state index in [1.165, 1.54) is 24.2 Å². The Labute approximate surface area is 220 Å². The van der Waals surface area contributed by atoms with Crippen molar-refractivity contribution in [1.82, 2.24) is 20.2 Å². The second kappa shape index (κ2) is 9.63. The molecule has 2 fully saturated rings. The normalized spacial score (nSPS) is 19.7. The quantitative estimate of drug-likeness (QED) is 0.398. The molecule has 3 amide bonds. The number of anilines is 3. The number of nitrogens with zero attached hydrogens (tertiary/aromatic N) is 4. The van der Waals surface area contributed by atoms with Crippen LogP contribution in [0.15, 0.2) is 55.5 Å². The van der Waals surface area contributed by atoms with E-state index in [-0.39, 0.29) is 18.0 Å². The van der Waals surface area contributed by atoms with Gasteiger partial charge in [0.25, 0.3) is 5.91 Å². The molecule has 1 aliphatic carbocycles. The molecule has 2 aliphatic heterocycles. The number of carbonyl (C=O) groups excluding carboxylic acids is 2. The number of aromatic nitrogens is 2. The molecule has 0 spiro atoms. The largest absolute Gasteiger partial charge is 0.370 e. The van der Waals surface area contributed by atoms with Crippen LogP contribution in [0, 0.1) is 0 Å². The van der Waals surface area contributed by atoms with Crippen LogP contribution >= 0.6 is 11.3 Å². The molecule has 0 bridgehead atoms. The summed E-state index contributed by atoms with van der Waals surface area (Å²) in [4.78, 5) is 41.0. The summed E-state index contributed by atoms with van der Waals surface area (Å²) < 4.78 is 0. The van der Waals surface area contributed by atoms with Gasteiger partial charge in [0, 0.05) is 48.8 Å². The standard InChI is InChI=1S/C28H30N6O2S/c1-3-17(2)33-14-6-9-19(16-33)31-26(35)25-24-23-22(11-13-30-27(23)37-25)34(28(36)32-24)20-10-12-29-21(15-20)18-7-4-5-8-18/h3,10-13,15,18-19H,1-2,4-9,14,16H2,(H,31,35)(H,32,36)/t19-/m1/s1. The minimum atomic E-state index is -0.290. The summed E-state index contributed by atoms with van der Waals surface area (Å²) in [5, 5.41) is 6.97. The monoisotopic (exact) mass is 514 g/mol. The number of piperidine rings is 1. The lowest BCUT2D eigenvalue weighted by molar-refractivity contribution is 0.0920. The van der Waals surface area contributed by atoms with Crippen molar-refractivity contribution in [2.75, 3.05) is 23.3 Å². The topological polar surface area (TPSA) is 90.5 Å². The lowest BCUT2D eigenvalue weighted by atomic mass is 10.0. The van der Waals surface area contributed by atoms with Crippen molar-refractivity contribution in [3.05, 3.63) is 66.1 Å². The van der Waals surface area contributed by atoms with Gasteiger partial charge >= 0.3 is 6.03 Å². The van der Waals surface area contributed by atoms with Gasteiger partial charge in [0.15, 0.2) is 0 Å². The Balaban J connectivity index is 1.31. The van der Waals surface area contributed by atoms with Gasteiger partial charge < -0.3 is 15.5 Å². The van der Waals surface area contributed by atoms with Gasteiger partial charge in [-0.25, -0.2) is 9.78 Å². The van der Waals surface area contributed by atoms with E-state index in [9.17, 15) is 9.59 Å². The minimum absolute atomic E-state index is 0.00981. The highest BCUT2D eigenvalue weighted by atomic mass is 32.1. The van der Waals surface area contributed by atoms with E-state index in [0.29, 0.717) is 23.0 Å². The average Bonchev–Trinajstić information content (AvgIpc) is 3.58. The van der Waals surface area contributed by atoms with Gasteiger partial charge in [-0.2, -0.15) is 0 Å². The van der Waals surface area contributed by atoms with Crippen LogP contribution in [0.4, 0.5) is 21.9 Å². The molecule has 8 nitrogen and oxygen atoms in total. The molecule has 5 heterocycles. The lowest BCUT2D eigenvalue weighted by Gasteiger charge is -2.35. The fraction of sp³-hybridized carbons (Fsp3) is 0.357. The predicted molar refractivity (Wildman–Crippen MR) is 148 cm³/mol. The number of amides is 3. The Morgan fingerprint density at radius 1 is 1.16 bits per heavy atom. The maximum Gasteiger partial charge on any atom is 0.331 e. The number of allylic oxidation sites excluding steroid dienone is 1. The smallest absolute Gasteiger partial charge is 0.331 e. The second-order valence-corrected chi connectivity index (χ2v) is 11.0. The van der Waals surface area contributed by atoms with Gasteiger partial charge in [0.2, 0.25) is 0 Å². The maximum absolute atomic E-state index is 13.5. The van der Waals surface area contributed by atoms with Crippen molar-refractivity contribution in [3.8, 4) is 0 Å². The number of nitrogens with one attached hydrogen (secondary N) is 2. The number of thiophene rings is 1. The van der Waals surface area contributed by atoms with Crippen LogP contribution in [0.3, 0.4) is 0 Å². The number of hydrogen-bond donors (Lipinski definition) is 2. The molecule has 3 aromatic heterocycles. The molecule has 0 unspecified atom stereocenters. The zero-order valence-electron chi connectivity index (χ0n) is 20.7. The van der Waals surface area contributed by atoms with Crippen molar-refractivity contribution in [2.45, 2.75) is 50.5 Å². The molecule has 2 N–H and O–H groups in total. The van der Waals surface area contributed by atoms with Crippen molar-refractivity contribution in [2.24, 2.45) is 0 Å². The predicted octanol–water partition coefficient (Wildman–Crippen LogP) is 5.93. The van der Waals surface area contributed by atoms with Crippen LogP contribution in [-0.4, -0.2) is 45.9 Å². The Morgan fingerprint density at radius 2 is 1.97 bits per heavy atom. The van der Waals surface area contributed by atoms with Crippen LogP contribution < -0.4 is 15.5 Å². The van der Waals surface area contributed by atoms with Crippen LogP contribution in [-0.2, 0) is 0 Å². The third-order valence-electron chi connectivity index (χ3n) is 7.65. The zero-order chi connectivity index (χ0) is 25.5. The Morgan fingerprint density at radius 3 is 2.78 bits per heavy atom. The van der Waals surface area contributed by atoms with E-state index in [1.54, 1.807) is 23.4 Å². The molecule has 1 atom stereocenters. The van der Waals surface area contributed by atoms with E-state index >= 15 is 0 Å². The van der Waals surface area contributed by atoms with Crippen molar-refractivity contribution >= 4 is 50.6 Å². The molecule has 3 aliphatic rings. The number of likely N-dealkylation sites (tertiary alicyclic amines) is 1. The third kappa shape index (κ3) is 4.27. The fourth-order valence-electron chi connectivity index (χ4n) is 5.76. The molecule has 1 saturated carbocycles. The summed E-state index contributed by atoms with van der Waals surface area (Å²) in [5.74, 6) is 0.248. The number of carbonyl (C=O) groups is 2. The molecule has 190 valence electrons. The Kier molecular flexibility index (Phi) is 6.16. The third-order valence-corrected chi connectivity index (χ3v) is 8.74. The first-order valence-corrected chi connectivity index (χ1v) is 13.7. The van der Waals surface area contributed by atoms with Crippen LogP contribution in [0.1, 0.15) is 59.8 Å². The van der Waals surface area contributed by atoms with Gasteiger partial charge in [-0.3, -0.25) is 14.7 Å². The number of pyridine rings is 2. The van der Waals surface area contributed by atoms with Crippen LogP contribution in [0.2, 0.25) is 0 Å². The first kappa shape index (κ1) is 23.7. The average molecular weight is 515 g/mol. The Bertz CT molecular complexity index is 1410. The van der Waals surface area contributed by atoms with E-state index in [2.05, 4.69) is 38.7 Å². The highest BCUT2D eigenvalue weighted by Gasteiger charge is 2.34. The first-order chi connectivity index (χ1) is 18.0. The molecular formula is C28H30N6O2S. The highest BCUT2D eigenvalue weighted by molar-refractivity contribution is 7.21. The van der Waals surface area contributed by atoms with Crippen molar-refractivity contribution in [3.63, 3.8) is 0 Å². The minimum Gasteiger partial charge on any atom is -0.370 e. The molecule has 1 saturated heterocycles. The van der Waals surface area contributed by atoms with Gasteiger partial charge in [0.05, 0.1) is 22.4 Å². The summed E-state index contributed by atoms with van der Waals surface area (Å²) in [7, 11) is 0. The van der Waals surface area contributed by atoms with Crippen molar-refractivity contribution < 1.29 is 9.59 Å². The molecule has 0 radical (unpaired) electrons. The van der Waals surface area contributed by atoms with Crippen LogP contribution in [0.5, 0.6) is 0 Å². The fourth-order valence-corrected chi connectivity index (χ4v) is 6.78. The van der Waals surface area contributed by atoms with Gasteiger partial charge in [0.1, 0.15) is 9.71 Å². The SMILES string of the molecule is C=CC(=C)N1CCC[C@@H](NC(=O)c2sc3nccc4c3c2NC(=O)N4c2ccnc(C3CCCC3)c2)C1. The number of urea groups is 1. The molecular weight excluding hydrogens is 484 g/mol. The molecule has 6 rings (SSSR count). The summed E-state index contributed by atoms with van der Waals surface area (Å²) >= 11 is 1.31. The van der Waals surface area contributed by atoms with Crippen LogP contribution in [0.25, 0.3) is 10.2 Å². The number of rotatable bonds is 6. The Hall–Kier alpha value is -3.72. The second-order valence-electron chi connectivity index (χ2n) is 9.96. The molecule has 37 heavy (non-hydrogen) atoms. The molecule has 0 aromatic carbocycles. The van der Waals surface area contributed by atoms with Crippen molar-refractivity contribution in [1.29, 1.82) is 0 Å². The lowest BCUT2D eigenvalue weighted by Crippen LogP contribution is -2.47. The maximum atomic E-state index is 13.5. The first-order valence-electron chi connectivity index (χ1n) is 12.9. The summed E-state index contributed by atoms with van der Waals surface area (Å²) in [6.07, 6.45) is 11.8. The van der Waals surface area contributed by atoms with Gasteiger partial charge in [-0.1, -0.05) is 26.0 Å². The van der Waals surface area contributed by atoms with E-state index < -0.39 is 0 Å². The highest BCUT2D eigenvalue weighted by Crippen LogP contribution is 2.46. The zero-order valence-corrected chi connectivity index (χ0v) is 21.5. The molecule has 9 heteroatoms. The summed E-state index contributed by atoms with van der Waals surface area (Å²) in [6.45, 7) is 9.44. The summed E-state index contributed by atoms with van der Waals surface area (Å²) in [5.41, 5.74) is 3.94. The van der Waals surface area contributed by atoms with E-state index in [0.717, 1.165) is 65.2 Å². The number of hydrogen-bond acceptors (Lipinski definition) is 6. The molecule has 3 aromatic rings. The van der Waals surface area contributed by atoms with E-state index in [4.69, 9.17) is 0 Å². The summed E-state index contributed by atoms with van der Waals surface area (Å²) in [6, 6.07) is 5.43. The van der Waals surface area contributed by atoms with E-state index in [1.807, 2.05) is 18.2 Å². The van der Waals surface area contributed by atoms with Gasteiger partial charge in [-0.15, -0.1) is 11.3 Å². The van der Waals surface area contributed by atoms with Gasteiger partial charge in [-0.05, 0) is 50.0 Å².